The number of oxime groups is 1. The molecule has 0 saturated carbocycles. The van der Waals surface area contributed by atoms with E-state index in [1.54, 1.807) is 0 Å². The van der Waals surface area contributed by atoms with Crippen LogP contribution >= 0.6 is 31.9 Å². The maximum atomic E-state index is 12.9. The predicted molar refractivity (Wildman–Crippen MR) is 81.2 cm³/mol. The van der Waals surface area contributed by atoms with Crippen LogP contribution in [0.25, 0.3) is 0 Å². The third-order valence-corrected chi connectivity index (χ3v) is 4.15. The second kappa shape index (κ2) is 6.45. The Labute approximate surface area is 131 Å². The lowest BCUT2D eigenvalue weighted by Crippen LogP contribution is -1.90. The Morgan fingerprint density at radius 2 is 1.55 bits per heavy atom. The molecule has 0 radical (unpaired) electrons. The zero-order valence-corrected chi connectivity index (χ0v) is 13.5. The van der Waals surface area contributed by atoms with Crippen LogP contribution in [-0.2, 0) is 0 Å². The highest BCUT2D eigenvalue weighted by Gasteiger charge is 2.03. The van der Waals surface area contributed by atoms with Crippen LogP contribution in [0, 0.1) is 18.6 Å². The molecule has 0 aliphatic heterocycles. The number of halogens is 4. The van der Waals surface area contributed by atoms with Crippen LogP contribution in [0.4, 0.5) is 8.78 Å². The van der Waals surface area contributed by atoms with Crippen molar-refractivity contribution < 1.29 is 13.6 Å². The van der Waals surface area contributed by atoms with E-state index in [-0.39, 0.29) is 5.75 Å². The average molecular weight is 405 g/mol. The van der Waals surface area contributed by atoms with Crippen LogP contribution in [0.2, 0.25) is 0 Å². The Morgan fingerprint density at radius 3 is 2.10 bits per heavy atom. The molecule has 0 fully saturated rings. The molecule has 0 heterocycles. The first-order valence-electron chi connectivity index (χ1n) is 5.58. The fourth-order valence-electron chi connectivity index (χ4n) is 1.47. The molecule has 2 rings (SSSR count). The molecule has 0 atom stereocenters. The molecule has 2 aromatic rings. The SMILES string of the molecule is Cc1c(Br)cc(/C=N\Oc2cc(F)cc(F)c2)cc1Br. The van der Waals surface area contributed by atoms with Gasteiger partial charge in [-0.3, -0.25) is 0 Å². The Morgan fingerprint density at radius 1 is 1.00 bits per heavy atom. The third-order valence-electron chi connectivity index (χ3n) is 2.50. The van der Waals surface area contributed by atoms with Gasteiger partial charge < -0.3 is 4.84 Å². The van der Waals surface area contributed by atoms with Crippen molar-refractivity contribution in [3.63, 3.8) is 0 Å². The van der Waals surface area contributed by atoms with Crippen LogP contribution in [0.3, 0.4) is 0 Å². The fourth-order valence-corrected chi connectivity index (χ4v) is 2.69. The van der Waals surface area contributed by atoms with Crippen molar-refractivity contribution in [3.8, 4) is 5.75 Å². The lowest BCUT2D eigenvalue weighted by Gasteiger charge is -2.03. The number of rotatable bonds is 3. The van der Waals surface area contributed by atoms with E-state index in [1.165, 1.54) is 6.21 Å². The van der Waals surface area contributed by atoms with Crippen molar-refractivity contribution in [3.05, 3.63) is 62.0 Å². The first-order chi connectivity index (χ1) is 9.45. The molecular weight excluding hydrogens is 396 g/mol. The first kappa shape index (κ1) is 15.1. The topological polar surface area (TPSA) is 21.6 Å². The van der Waals surface area contributed by atoms with Gasteiger partial charge in [0.1, 0.15) is 11.6 Å². The average Bonchev–Trinajstić information content (AvgIpc) is 2.34. The minimum atomic E-state index is -0.712. The molecule has 2 aromatic carbocycles. The molecule has 0 aromatic heterocycles. The number of hydrogen-bond donors (Lipinski definition) is 0. The zero-order valence-electron chi connectivity index (χ0n) is 10.3. The van der Waals surface area contributed by atoms with Crippen LogP contribution in [0.5, 0.6) is 5.75 Å². The van der Waals surface area contributed by atoms with E-state index in [1.807, 2.05) is 19.1 Å². The summed E-state index contributed by atoms with van der Waals surface area (Å²) in [7, 11) is 0. The molecule has 0 bridgehead atoms. The maximum absolute atomic E-state index is 12.9. The summed E-state index contributed by atoms with van der Waals surface area (Å²) in [5.41, 5.74) is 1.85. The third kappa shape index (κ3) is 3.86. The minimum absolute atomic E-state index is 0.00370. The highest BCUT2D eigenvalue weighted by atomic mass is 79.9. The Bertz CT molecular complexity index is 631. The van der Waals surface area contributed by atoms with Crippen LogP contribution in [0.15, 0.2) is 44.4 Å². The number of benzene rings is 2. The van der Waals surface area contributed by atoms with Gasteiger partial charge in [0.2, 0.25) is 0 Å². The van der Waals surface area contributed by atoms with Crippen molar-refractivity contribution >= 4 is 38.1 Å². The Hall–Kier alpha value is -1.27. The van der Waals surface area contributed by atoms with E-state index in [4.69, 9.17) is 4.84 Å². The summed E-state index contributed by atoms with van der Waals surface area (Å²) in [5, 5.41) is 3.71. The molecule has 6 heteroatoms. The maximum Gasteiger partial charge on any atom is 0.163 e. The lowest BCUT2D eigenvalue weighted by atomic mass is 10.2. The van der Waals surface area contributed by atoms with Gasteiger partial charge in [0.25, 0.3) is 0 Å². The Balaban J connectivity index is 2.14. The highest BCUT2D eigenvalue weighted by Crippen LogP contribution is 2.25. The van der Waals surface area contributed by atoms with Gasteiger partial charge in [-0.25, -0.2) is 8.78 Å². The van der Waals surface area contributed by atoms with Gasteiger partial charge in [0, 0.05) is 27.1 Å². The molecule has 2 nitrogen and oxygen atoms in total. The molecule has 20 heavy (non-hydrogen) atoms. The predicted octanol–water partition coefficient (Wildman–Crippen LogP) is 5.21. The van der Waals surface area contributed by atoms with Gasteiger partial charge in [-0.2, -0.15) is 0 Å². The van der Waals surface area contributed by atoms with Crippen molar-refractivity contribution in [1.29, 1.82) is 0 Å². The van der Waals surface area contributed by atoms with E-state index in [0.29, 0.717) is 0 Å². The number of hydrogen-bond acceptors (Lipinski definition) is 2. The van der Waals surface area contributed by atoms with Crippen molar-refractivity contribution in [2.24, 2.45) is 5.16 Å². The summed E-state index contributed by atoms with van der Waals surface area (Å²) < 4.78 is 27.7. The lowest BCUT2D eigenvalue weighted by molar-refractivity contribution is 0.339. The van der Waals surface area contributed by atoms with E-state index < -0.39 is 11.6 Å². The summed E-state index contributed by atoms with van der Waals surface area (Å²) in [6.07, 6.45) is 1.46. The number of nitrogens with zero attached hydrogens (tertiary/aromatic N) is 1. The summed E-state index contributed by atoms with van der Waals surface area (Å²) in [6, 6.07) is 6.60. The van der Waals surface area contributed by atoms with Crippen molar-refractivity contribution in [2.45, 2.75) is 6.92 Å². The van der Waals surface area contributed by atoms with Gasteiger partial charge >= 0.3 is 0 Å². The summed E-state index contributed by atoms with van der Waals surface area (Å²) in [4.78, 5) is 4.94. The summed E-state index contributed by atoms with van der Waals surface area (Å²) in [5.74, 6) is -1.42. The van der Waals surface area contributed by atoms with E-state index in [2.05, 4.69) is 37.0 Å². The van der Waals surface area contributed by atoms with Crippen molar-refractivity contribution in [1.82, 2.24) is 0 Å². The molecular formula is C14H9Br2F2NO. The molecule has 0 amide bonds. The van der Waals surface area contributed by atoms with Crippen LogP contribution in [0.1, 0.15) is 11.1 Å². The van der Waals surface area contributed by atoms with Crippen molar-refractivity contribution in [2.75, 3.05) is 0 Å². The molecule has 0 saturated heterocycles. The van der Waals surface area contributed by atoms with Gasteiger partial charge in [0.15, 0.2) is 5.75 Å². The zero-order chi connectivity index (χ0) is 14.7. The highest BCUT2D eigenvalue weighted by molar-refractivity contribution is 9.11. The second-order valence-electron chi connectivity index (χ2n) is 4.04. The van der Waals surface area contributed by atoms with Gasteiger partial charge in [-0.05, 0) is 30.2 Å². The smallest absolute Gasteiger partial charge is 0.163 e. The standard InChI is InChI=1S/C14H9Br2F2NO/c1-8-13(15)2-9(3-14(8)16)7-19-20-12-5-10(17)4-11(18)6-12/h2-7H,1H3/b19-7-. The monoisotopic (exact) mass is 403 g/mol. The quantitative estimate of drug-likeness (QED) is 0.508. The van der Waals surface area contributed by atoms with E-state index in [9.17, 15) is 8.78 Å². The Kier molecular flexibility index (Phi) is 4.88. The molecule has 0 N–H and O–H groups in total. The van der Waals surface area contributed by atoms with Gasteiger partial charge in [-0.15, -0.1) is 0 Å². The van der Waals surface area contributed by atoms with E-state index >= 15 is 0 Å². The van der Waals surface area contributed by atoms with Crippen LogP contribution in [-0.4, -0.2) is 6.21 Å². The van der Waals surface area contributed by atoms with Gasteiger partial charge in [-0.1, -0.05) is 37.0 Å². The molecule has 104 valence electrons. The van der Waals surface area contributed by atoms with E-state index in [0.717, 1.165) is 38.3 Å². The minimum Gasteiger partial charge on any atom is -0.357 e. The fraction of sp³-hybridized carbons (Fsp3) is 0.0714. The molecule has 0 spiro atoms. The normalized spacial score (nSPS) is 11.1. The van der Waals surface area contributed by atoms with Gasteiger partial charge in [0.05, 0.1) is 6.21 Å². The summed E-state index contributed by atoms with van der Waals surface area (Å²) in [6.45, 7) is 1.96. The largest absolute Gasteiger partial charge is 0.357 e. The summed E-state index contributed by atoms with van der Waals surface area (Å²) >= 11 is 6.84. The molecule has 0 aliphatic carbocycles. The second-order valence-corrected chi connectivity index (χ2v) is 5.75. The first-order valence-corrected chi connectivity index (χ1v) is 7.16. The van der Waals surface area contributed by atoms with Crippen LogP contribution < -0.4 is 4.84 Å². The molecule has 0 unspecified atom stereocenters. The molecule has 0 aliphatic rings.